The summed E-state index contributed by atoms with van der Waals surface area (Å²) in [7, 11) is 1.40. The van der Waals surface area contributed by atoms with E-state index in [1.807, 2.05) is 6.92 Å². The molecule has 0 bridgehead atoms. The zero-order chi connectivity index (χ0) is 11.7. The summed E-state index contributed by atoms with van der Waals surface area (Å²) >= 11 is 0. The van der Waals surface area contributed by atoms with Crippen LogP contribution in [0.25, 0.3) is 0 Å². The van der Waals surface area contributed by atoms with Crippen LogP contribution in [0.1, 0.15) is 46.5 Å². The third-order valence-corrected chi connectivity index (χ3v) is 2.24. The molecule has 0 saturated heterocycles. The van der Waals surface area contributed by atoms with Gasteiger partial charge in [-0.2, -0.15) is 0 Å². The second-order valence-corrected chi connectivity index (χ2v) is 3.85. The van der Waals surface area contributed by atoms with Crippen LogP contribution in [0.15, 0.2) is 23.3 Å². The highest BCUT2D eigenvalue weighted by molar-refractivity contribution is 5.82. The molecule has 0 unspecified atom stereocenters. The number of hydrogen-bond acceptors (Lipinski definition) is 2. The molecule has 0 atom stereocenters. The summed E-state index contributed by atoms with van der Waals surface area (Å²) in [5.74, 6) is -0.262. The highest BCUT2D eigenvalue weighted by atomic mass is 16.5. The van der Waals surface area contributed by atoms with Crippen molar-refractivity contribution in [3.8, 4) is 0 Å². The first-order valence-corrected chi connectivity index (χ1v) is 5.50. The van der Waals surface area contributed by atoms with Crippen molar-refractivity contribution in [2.75, 3.05) is 7.11 Å². The largest absolute Gasteiger partial charge is 0.466 e. The topological polar surface area (TPSA) is 26.3 Å². The molecule has 0 spiro atoms. The van der Waals surface area contributed by atoms with E-state index in [1.54, 1.807) is 6.08 Å². The van der Waals surface area contributed by atoms with Crippen LogP contribution in [0, 0.1) is 0 Å². The number of rotatable bonds is 6. The van der Waals surface area contributed by atoms with Crippen LogP contribution in [0.5, 0.6) is 0 Å². The van der Waals surface area contributed by atoms with Crippen LogP contribution >= 0.6 is 0 Å². The Balaban J connectivity index is 3.90. The van der Waals surface area contributed by atoms with Crippen LogP contribution < -0.4 is 0 Å². The van der Waals surface area contributed by atoms with E-state index in [0.717, 1.165) is 18.4 Å². The molecule has 0 radical (unpaired) electrons. The van der Waals surface area contributed by atoms with Crippen molar-refractivity contribution in [1.82, 2.24) is 0 Å². The first-order chi connectivity index (χ1) is 7.10. The second-order valence-electron chi connectivity index (χ2n) is 3.85. The first kappa shape index (κ1) is 13.9. The molecule has 0 fully saturated rings. The van der Waals surface area contributed by atoms with Crippen molar-refractivity contribution in [2.45, 2.75) is 46.5 Å². The summed E-state index contributed by atoms with van der Waals surface area (Å²) in [4.78, 5) is 10.9. The van der Waals surface area contributed by atoms with Gasteiger partial charge < -0.3 is 4.74 Å². The zero-order valence-corrected chi connectivity index (χ0v) is 10.3. The summed E-state index contributed by atoms with van der Waals surface area (Å²) in [6.45, 7) is 6.29. The zero-order valence-electron chi connectivity index (χ0n) is 10.3. The predicted molar refractivity (Wildman–Crippen MR) is 63.7 cm³/mol. The smallest absolute Gasteiger partial charge is 0.330 e. The van der Waals surface area contributed by atoms with E-state index < -0.39 is 0 Å². The molecule has 0 N–H and O–H groups in total. The van der Waals surface area contributed by atoms with E-state index >= 15 is 0 Å². The molecule has 0 rings (SSSR count). The number of methoxy groups -OCH3 is 1. The first-order valence-electron chi connectivity index (χ1n) is 5.50. The SMILES string of the molecule is CCC/C(C)=C\CC/C(C)=C/C(=O)OC. The highest BCUT2D eigenvalue weighted by Gasteiger charge is 1.96. The molecule has 2 heteroatoms. The summed E-state index contributed by atoms with van der Waals surface area (Å²) in [6, 6.07) is 0. The molecular weight excluding hydrogens is 188 g/mol. The van der Waals surface area contributed by atoms with E-state index in [1.165, 1.54) is 25.5 Å². The van der Waals surface area contributed by atoms with Gasteiger partial charge in [-0.05, 0) is 33.1 Å². The molecule has 0 aromatic rings. The van der Waals surface area contributed by atoms with E-state index in [2.05, 4.69) is 24.7 Å². The standard InChI is InChI=1S/C13H22O2/c1-5-7-11(2)8-6-9-12(3)10-13(14)15-4/h8,10H,5-7,9H2,1-4H3/b11-8-,12-10+. The predicted octanol–water partition coefficient (Wildman–Crippen LogP) is 3.63. The fourth-order valence-electron chi connectivity index (χ4n) is 1.37. The fraction of sp³-hybridized carbons (Fsp3) is 0.615. The molecule has 2 nitrogen and oxygen atoms in total. The Bertz CT molecular complexity index is 249. The Morgan fingerprint density at radius 1 is 1.20 bits per heavy atom. The molecule has 86 valence electrons. The van der Waals surface area contributed by atoms with Crippen molar-refractivity contribution in [1.29, 1.82) is 0 Å². The van der Waals surface area contributed by atoms with Crippen molar-refractivity contribution in [3.63, 3.8) is 0 Å². The van der Waals surface area contributed by atoms with Gasteiger partial charge in [0, 0.05) is 6.08 Å². The normalized spacial score (nSPS) is 12.8. The van der Waals surface area contributed by atoms with Gasteiger partial charge in [0.15, 0.2) is 0 Å². The maximum absolute atomic E-state index is 10.9. The number of carbonyl (C=O) groups is 1. The highest BCUT2D eigenvalue weighted by Crippen LogP contribution is 2.09. The molecule has 0 saturated carbocycles. The number of ether oxygens (including phenoxy) is 1. The molecule has 0 aliphatic heterocycles. The van der Waals surface area contributed by atoms with Crippen molar-refractivity contribution in [2.24, 2.45) is 0 Å². The number of esters is 1. The lowest BCUT2D eigenvalue weighted by atomic mass is 10.1. The quantitative estimate of drug-likeness (QED) is 0.380. The molecule has 0 aliphatic carbocycles. The van der Waals surface area contributed by atoms with Crippen molar-refractivity contribution < 1.29 is 9.53 Å². The maximum Gasteiger partial charge on any atom is 0.330 e. The summed E-state index contributed by atoms with van der Waals surface area (Å²) in [5.41, 5.74) is 2.51. The van der Waals surface area contributed by atoms with Gasteiger partial charge in [0.25, 0.3) is 0 Å². The Labute approximate surface area is 93.0 Å². The average Bonchev–Trinajstić information content (AvgIpc) is 2.18. The molecule has 15 heavy (non-hydrogen) atoms. The Kier molecular flexibility index (Phi) is 7.69. The van der Waals surface area contributed by atoms with Crippen LogP contribution in [-0.2, 0) is 9.53 Å². The monoisotopic (exact) mass is 210 g/mol. The van der Waals surface area contributed by atoms with Gasteiger partial charge in [0.1, 0.15) is 0 Å². The van der Waals surface area contributed by atoms with E-state index in [-0.39, 0.29) is 5.97 Å². The van der Waals surface area contributed by atoms with E-state index in [9.17, 15) is 4.79 Å². The van der Waals surface area contributed by atoms with Gasteiger partial charge in [-0.15, -0.1) is 0 Å². The summed E-state index contributed by atoms with van der Waals surface area (Å²) in [5, 5.41) is 0. The minimum absolute atomic E-state index is 0.262. The Morgan fingerprint density at radius 2 is 1.87 bits per heavy atom. The Morgan fingerprint density at radius 3 is 2.40 bits per heavy atom. The molecular formula is C13H22O2. The maximum atomic E-state index is 10.9. The van der Waals surface area contributed by atoms with E-state index in [4.69, 9.17) is 0 Å². The molecule has 0 aromatic heterocycles. The minimum Gasteiger partial charge on any atom is -0.466 e. The molecule has 0 heterocycles. The number of allylic oxidation sites excluding steroid dienone is 3. The second kappa shape index (κ2) is 8.27. The lowest BCUT2D eigenvalue weighted by molar-refractivity contribution is -0.134. The summed E-state index contributed by atoms with van der Waals surface area (Å²) in [6.07, 6.45) is 8.10. The van der Waals surface area contributed by atoms with Crippen molar-refractivity contribution >= 4 is 5.97 Å². The lowest BCUT2D eigenvalue weighted by Crippen LogP contribution is -1.95. The van der Waals surface area contributed by atoms with Crippen LogP contribution in [-0.4, -0.2) is 13.1 Å². The fourth-order valence-corrected chi connectivity index (χ4v) is 1.37. The van der Waals surface area contributed by atoms with Crippen molar-refractivity contribution in [3.05, 3.63) is 23.3 Å². The van der Waals surface area contributed by atoms with Gasteiger partial charge in [0.2, 0.25) is 0 Å². The van der Waals surface area contributed by atoms with Crippen LogP contribution in [0.2, 0.25) is 0 Å². The third-order valence-electron chi connectivity index (χ3n) is 2.24. The van der Waals surface area contributed by atoms with E-state index in [0.29, 0.717) is 0 Å². The average molecular weight is 210 g/mol. The molecule has 0 amide bonds. The van der Waals surface area contributed by atoms with Crippen LogP contribution in [0.4, 0.5) is 0 Å². The summed E-state index contributed by atoms with van der Waals surface area (Å²) < 4.78 is 4.56. The van der Waals surface area contributed by atoms with Gasteiger partial charge in [-0.1, -0.05) is 30.6 Å². The molecule has 0 aliphatic rings. The van der Waals surface area contributed by atoms with Gasteiger partial charge >= 0.3 is 5.97 Å². The van der Waals surface area contributed by atoms with Gasteiger partial charge in [-0.25, -0.2) is 4.79 Å². The number of carbonyl (C=O) groups excluding carboxylic acids is 1. The molecule has 0 aromatic carbocycles. The van der Waals surface area contributed by atoms with Gasteiger partial charge in [0.05, 0.1) is 7.11 Å². The third kappa shape index (κ3) is 7.98. The lowest BCUT2D eigenvalue weighted by Gasteiger charge is -2.00. The number of hydrogen-bond donors (Lipinski definition) is 0. The Hall–Kier alpha value is -1.05. The van der Waals surface area contributed by atoms with Gasteiger partial charge in [-0.3, -0.25) is 0 Å². The van der Waals surface area contributed by atoms with Crippen LogP contribution in [0.3, 0.4) is 0 Å². The minimum atomic E-state index is -0.262.